The van der Waals surface area contributed by atoms with Gasteiger partial charge in [0, 0.05) is 48.8 Å². The summed E-state index contributed by atoms with van der Waals surface area (Å²) < 4.78 is 5.54. The topological polar surface area (TPSA) is 67.3 Å². The monoisotopic (exact) mass is 450 g/mol. The van der Waals surface area contributed by atoms with E-state index in [1.165, 1.54) is 11.1 Å². The van der Waals surface area contributed by atoms with E-state index in [9.17, 15) is 4.79 Å². The minimum Gasteiger partial charge on any atom is -0.410 e. The summed E-state index contributed by atoms with van der Waals surface area (Å²) in [4.78, 5) is 21.9. The number of carbonyl (C=O) groups is 1. The highest BCUT2D eigenvalue weighted by atomic mass is 35.5. The van der Waals surface area contributed by atoms with Crippen LogP contribution in [0.25, 0.3) is 0 Å². The summed E-state index contributed by atoms with van der Waals surface area (Å²) in [6.45, 7) is 0. The molecule has 9 heteroatoms. The number of benzene rings is 1. The largest absolute Gasteiger partial charge is 0.414 e. The van der Waals surface area contributed by atoms with Gasteiger partial charge in [-0.05, 0) is 30.3 Å². The number of ether oxygens (including phenoxy) is 1. The molecule has 3 rings (SSSR count). The Kier molecular flexibility index (Phi) is 6.79. The smallest absolute Gasteiger partial charge is 0.410 e. The third-order valence-corrected chi connectivity index (χ3v) is 5.02. The summed E-state index contributed by atoms with van der Waals surface area (Å²) in [5.41, 5.74) is 1.15. The zero-order valence-electron chi connectivity index (χ0n) is 15.6. The lowest BCUT2D eigenvalue weighted by Gasteiger charge is -2.24. The first-order valence-electron chi connectivity index (χ1n) is 8.52. The Hall–Kier alpha value is -2.54. The van der Waals surface area contributed by atoms with Gasteiger partial charge in [-0.25, -0.2) is 9.78 Å². The number of nitrogens with one attached hydrogen (secondary N) is 1. The van der Waals surface area contributed by atoms with E-state index in [0.29, 0.717) is 37.8 Å². The van der Waals surface area contributed by atoms with E-state index >= 15 is 0 Å². The van der Waals surface area contributed by atoms with Gasteiger partial charge in [0.1, 0.15) is 11.6 Å². The molecule has 2 heterocycles. The third-order valence-electron chi connectivity index (χ3n) is 3.98. The maximum Gasteiger partial charge on any atom is 0.414 e. The fourth-order valence-electron chi connectivity index (χ4n) is 2.58. The molecule has 1 amide bonds. The van der Waals surface area contributed by atoms with E-state index in [1.807, 2.05) is 6.07 Å². The van der Waals surface area contributed by atoms with Crippen LogP contribution in [-0.4, -0.2) is 35.1 Å². The third kappa shape index (κ3) is 5.09. The average Bonchev–Trinajstić information content (AvgIpc) is 2.70. The number of carbonyl (C=O) groups excluding carboxylic acids is 1. The lowest BCUT2D eigenvalue weighted by molar-refractivity contribution is 0.171. The van der Waals surface area contributed by atoms with Gasteiger partial charge in [0.2, 0.25) is 0 Å². The van der Waals surface area contributed by atoms with Crippen molar-refractivity contribution >= 4 is 46.7 Å². The summed E-state index contributed by atoms with van der Waals surface area (Å²) in [5, 5.41) is 4.37. The van der Waals surface area contributed by atoms with Gasteiger partial charge in [0.25, 0.3) is 0 Å². The second-order valence-electron chi connectivity index (χ2n) is 6.26. The van der Waals surface area contributed by atoms with Gasteiger partial charge in [-0.15, -0.1) is 0 Å². The average molecular weight is 452 g/mol. The molecule has 0 aliphatic carbocycles. The molecular formula is C20H17Cl3N4O2. The van der Waals surface area contributed by atoms with E-state index in [0.717, 1.165) is 0 Å². The van der Waals surface area contributed by atoms with Crippen LogP contribution in [0.2, 0.25) is 15.1 Å². The summed E-state index contributed by atoms with van der Waals surface area (Å²) in [5.74, 6) is 0.899. The van der Waals surface area contributed by atoms with Gasteiger partial charge in [0.15, 0.2) is 0 Å². The van der Waals surface area contributed by atoms with Gasteiger partial charge in [-0.3, -0.25) is 4.98 Å². The zero-order valence-corrected chi connectivity index (χ0v) is 17.8. The van der Waals surface area contributed by atoms with Gasteiger partial charge >= 0.3 is 6.09 Å². The lowest BCUT2D eigenvalue weighted by Crippen LogP contribution is -2.26. The van der Waals surface area contributed by atoms with Crippen LogP contribution in [0.1, 0.15) is 17.2 Å². The van der Waals surface area contributed by atoms with Crippen molar-refractivity contribution in [2.75, 3.05) is 19.4 Å². The van der Waals surface area contributed by atoms with Crippen LogP contribution in [0, 0.1) is 0 Å². The van der Waals surface area contributed by atoms with Crippen LogP contribution >= 0.6 is 34.8 Å². The van der Waals surface area contributed by atoms with Gasteiger partial charge in [-0.1, -0.05) is 40.9 Å². The maximum absolute atomic E-state index is 12.2. The van der Waals surface area contributed by atoms with Crippen LogP contribution in [0.3, 0.4) is 0 Å². The van der Waals surface area contributed by atoms with Crippen LogP contribution in [0.4, 0.5) is 10.6 Å². The summed E-state index contributed by atoms with van der Waals surface area (Å²) >= 11 is 18.9. The number of hydrogen-bond acceptors (Lipinski definition) is 5. The Labute approximate surface area is 183 Å². The second-order valence-corrected chi connectivity index (χ2v) is 7.48. The minimum atomic E-state index is -0.590. The molecule has 0 saturated heterocycles. The highest BCUT2D eigenvalue weighted by molar-refractivity contribution is 6.42. The van der Waals surface area contributed by atoms with Crippen molar-refractivity contribution in [3.8, 4) is 5.75 Å². The Bertz CT molecular complexity index is 1020. The van der Waals surface area contributed by atoms with Crippen molar-refractivity contribution in [3.05, 3.63) is 81.2 Å². The van der Waals surface area contributed by atoms with Crippen molar-refractivity contribution in [2.45, 2.75) is 6.04 Å². The first-order valence-corrected chi connectivity index (χ1v) is 9.65. The van der Waals surface area contributed by atoms with E-state index in [2.05, 4.69) is 15.3 Å². The Balaban J connectivity index is 2.14. The van der Waals surface area contributed by atoms with Crippen LogP contribution in [-0.2, 0) is 0 Å². The first kappa shape index (κ1) is 21.2. The number of amides is 1. The fraction of sp³-hybridized carbons (Fsp3) is 0.150. The fourth-order valence-corrected chi connectivity index (χ4v) is 3.13. The molecule has 0 aliphatic heterocycles. The van der Waals surface area contributed by atoms with E-state index in [4.69, 9.17) is 39.5 Å². The zero-order chi connectivity index (χ0) is 21.0. The van der Waals surface area contributed by atoms with E-state index in [1.54, 1.807) is 56.8 Å². The predicted octanol–water partition coefficient (Wildman–Crippen LogP) is 5.70. The molecule has 150 valence electrons. The standard InChI is InChI=1S/C20H17Cl3N4O2/c1-27(2)20(28)29-16-7-6-12(21)9-13(16)19(26-17-5-3-4-8-25-17)14-10-24-11-15(22)18(14)23/h3-11,19H,1-2H3,(H,25,26). The van der Waals surface area contributed by atoms with Crippen molar-refractivity contribution in [3.63, 3.8) is 0 Å². The molecular weight excluding hydrogens is 435 g/mol. The number of aromatic nitrogens is 2. The molecule has 1 unspecified atom stereocenters. The molecule has 0 spiro atoms. The molecule has 0 fully saturated rings. The number of hydrogen-bond donors (Lipinski definition) is 1. The SMILES string of the molecule is CN(C)C(=O)Oc1ccc(Cl)cc1C(Nc1ccccn1)c1cncc(Cl)c1Cl. The maximum atomic E-state index is 12.2. The molecule has 0 radical (unpaired) electrons. The predicted molar refractivity (Wildman–Crippen MR) is 115 cm³/mol. The highest BCUT2D eigenvalue weighted by Gasteiger charge is 2.25. The van der Waals surface area contributed by atoms with Crippen molar-refractivity contribution < 1.29 is 9.53 Å². The number of anilines is 1. The molecule has 1 N–H and O–H groups in total. The molecule has 3 aromatic rings. The van der Waals surface area contributed by atoms with Crippen molar-refractivity contribution in [2.24, 2.45) is 0 Å². The lowest BCUT2D eigenvalue weighted by atomic mass is 9.99. The quantitative estimate of drug-likeness (QED) is 0.539. The summed E-state index contributed by atoms with van der Waals surface area (Å²) in [6, 6.07) is 9.81. The van der Waals surface area contributed by atoms with Crippen molar-refractivity contribution in [1.29, 1.82) is 0 Å². The number of halogens is 3. The number of rotatable bonds is 5. The number of nitrogens with zero attached hydrogens (tertiary/aromatic N) is 3. The van der Waals surface area contributed by atoms with Gasteiger partial charge in [0.05, 0.1) is 16.1 Å². The van der Waals surface area contributed by atoms with E-state index < -0.39 is 12.1 Å². The molecule has 6 nitrogen and oxygen atoms in total. The molecule has 1 aromatic carbocycles. The first-order chi connectivity index (χ1) is 13.9. The summed E-state index contributed by atoms with van der Waals surface area (Å²) in [6.07, 6.45) is 4.17. The number of pyridine rings is 2. The Morgan fingerprint density at radius 1 is 1.10 bits per heavy atom. The van der Waals surface area contributed by atoms with Crippen LogP contribution in [0.5, 0.6) is 5.75 Å². The molecule has 0 saturated carbocycles. The molecule has 0 bridgehead atoms. The Morgan fingerprint density at radius 3 is 2.59 bits per heavy atom. The van der Waals surface area contributed by atoms with Gasteiger partial charge in [-0.2, -0.15) is 0 Å². The summed E-state index contributed by atoms with van der Waals surface area (Å²) in [7, 11) is 3.19. The highest BCUT2D eigenvalue weighted by Crippen LogP contribution is 2.39. The Morgan fingerprint density at radius 2 is 1.90 bits per heavy atom. The van der Waals surface area contributed by atoms with Crippen molar-refractivity contribution in [1.82, 2.24) is 14.9 Å². The molecule has 2 aromatic heterocycles. The molecule has 29 heavy (non-hydrogen) atoms. The second kappa shape index (κ2) is 9.31. The molecule has 0 aliphatic rings. The molecule has 1 atom stereocenters. The minimum absolute atomic E-state index is 0.297. The van der Waals surface area contributed by atoms with Crippen LogP contribution in [0.15, 0.2) is 55.0 Å². The normalized spacial score (nSPS) is 11.6. The van der Waals surface area contributed by atoms with Crippen LogP contribution < -0.4 is 10.1 Å². The van der Waals surface area contributed by atoms with Gasteiger partial charge < -0.3 is 15.0 Å². The van der Waals surface area contributed by atoms with E-state index in [-0.39, 0.29) is 0 Å².